The normalized spacial score (nSPS) is 13.7. The maximum atomic E-state index is 13.9. The number of anilines is 2. The quantitative estimate of drug-likeness (QED) is 0.127. The second-order valence-corrected chi connectivity index (χ2v) is 18.1. The molecule has 10 aromatic rings. The van der Waals surface area contributed by atoms with Crippen LogP contribution in [-0.4, -0.2) is 32.8 Å². The summed E-state index contributed by atoms with van der Waals surface area (Å²) in [4.78, 5) is 57.6. The van der Waals surface area contributed by atoms with Gasteiger partial charge in [-0.25, -0.2) is 9.80 Å². The zero-order chi connectivity index (χ0) is 47.3. The lowest BCUT2D eigenvalue weighted by molar-refractivity contribution is 0.0910. The molecule has 0 saturated carbocycles. The van der Waals surface area contributed by atoms with Crippen molar-refractivity contribution >= 4 is 78.6 Å². The summed E-state index contributed by atoms with van der Waals surface area (Å²) >= 11 is 0. The van der Waals surface area contributed by atoms with Crippen LogP contribution in [0.25, 0.3) is 43.6 Å². The highest BCUT2D eigenvalue weighted by atomic mass is 16.5. The van der Waals surface area contributed by atoms with Crippen molar-refractivity contribution in [3.05, 3.63) is 203 Å². The predicted octanol–water partition coefficient (Wildman–Crippen LogP) is 13.5. The molecule has 8 aromatic carbocycles. The first-order valence-corrected chi connectivity index (χ1v) is 23.2. The van der Waals surface area contributed by atoms with Gasteiger partial charge in [0.2, 0.25) is 0 Å². The van der Waals surface area contributed by atoms with E-state index in [1.54, 1.807) is 36.4 Å². The van der Waals surface area contributed by atoms with Crippen LogP contribution < -0.4 is 19.3 Å². The molecule has 4 heterocycles. The Morgan fingerprint density at radius 1 is 0.377 bits per heavy atom. The lowest BCUT2D eigenvalue weighted by Gasteiger charge is -2.26. The predicted molar refractivity (Wildman–Crippen MR) is 271 cm³/mol. The highest BCUT2D eigenvalue weighted by Crippen LogP contribution is 2.40. The summed E-state index contributed by atoms with van der Waals surface area (Å²) in [5.41, 5.74) is 8.35. The SMILES string of the molecule is CCn1c2ccccc2c2cc(N3C(=O)c4ccc(Oc5ccc(C(C)(C)c6ccc(Oc7ccc8c(c7)C(=O)N(c7ccc9c(c7)c7ccccc7n9CC)C8=O)cc6)cc5)cc4C3=O)ccc21. The number of carbonyl (C=O) groups excluding carboxylic acids is 4. The average Bonchev–Trinajstić information content (AvgIpc) is 4.03. The largest absolute Gasteiger partial charge is 0.457 e. The van der Waals surface area contributed by atoms with E-state index in [0.29, 0.717) is 56.6 Å². The van der Waals surface area contributed by atoms with Crippen molar-refractivity contribution in [1.82, 2.24) is 9.13 Å². The summed E-state index contributed by atoms with van der Waals surface area (Å²) in [7, 11) is 0. The Balaban J connectivity index is 0.722. The number of fused-ring (bicyclic) bond motifs is 8. The van der Waals surface area contributed by atoms with Crippen LogP contribution in [0, 0.1) is 0 Å². The molecule has 0 radical (unpaired) electrons. The van der Waals surface area contributed by atoms with Gasteiger partial charge >= 0.3 is 0 Å². The van der Waals surface area contributed by atoms with Gasteiger partial charge in [0.25, 0.3) is 23.6 Å². The number of nitrogens with zero attached hydrogens (tertiary/aromatic N) is 4. The first kappa shape index (κ1) is 41.7. The van der Waals surface area contributed by atoms with E-state index in [0.717, 1.165) is 67.8 Å². The van der Waals surface area contributed by atoms with Crippen LogP contribution in [0.3, 0.4) is 0 Å². The van der Waals surface area contributed by atoms with Crippen LogP contribution in [0.15, 0.2) is 170 Å². The number of rotatable bonds is 10. The van der Waals surface area contributed by atoms with Gasteiger partial charge in [0.15, 0.2) is 0 Å². The van der Waals surface area contributed by atoms with Gasteiger partial charge in [0, 0.05) is 62.1 Å². The number of para-hydroxylation sites is 2. The summed E-state index contributed by atoms with van der Waals surface area (Å²) in [6, 6.07) is 53.5. The van der Waals surface area contributed by atoms with Crippen molar-refractivity contribution in [2.45, 2.75) is 46.2 Å². The molecule has 0 atom stereocenters. The third-order valence-corrected chi connectivity index (χ3v) is 14.0. The Hall–Kier alpha value is -8.76. The van der Waals surface area contributed by atoms with E-state index in [1.807, 2.05) is 109 Å². The number of amides is 4. The van der Waals surface area contributed by atoms with Crippen molar-refractivity contribution in [3.8, 4) is 23.0 Å². The molecule has 2 aromatic heterocycles. The van der Waals surface area contributed by atoms with Crippen LogP contribution >= 0.6 is 0 Å². The minimum Gasteiger partial charge on any atom is -0.457 e. The summed E-state index contributed by atoms with van der Waals surface area (Å²) in [6.07, 6.45) is 0. The first-order valence-electron chi connectivity index (χ1n) is 23.2. The number of aromatic nitrogens is 2. The number of hydrogen-bond donors (Lipinski definition) is 0. The van der Waals surface area contributed by atoms with E-state index >= 15 is 0 Å². The number of imide groups is 2. The topological polar surface area (TPSA) is 103 Å². The zero-order valence-electron chi connectivity index (χ0n) is 38.3. The lowest BCUT2D eigenvalue weighted by atomic mass is 9.78. The molecule has 69 heavy (non-hydrogen) atoms. The Labute approximate surface area is 397 Å². The Kier molecular flexibility index (Phi) is 9.46. The van der Waals surface area contributed by atoms with Crippen molar-refractivity contribution in [1.29, 1.82) is 0 Å². The molecule has 0 bridgehead atoms. The van der Waals surface area contributed by atoms with Crippen LogP contribution in [0.2, 0.25) is 0 Å². The standard InChI is InChI=1S/C59H44N4O6/c1-5-60-51-13-9-7-11-43(51)47-31-37(19-29-53(47)60)62-55(64)45-27-25-41(33-49(45)57(62)66)68-39-21-15-35(16-22-39)59(3,4)36-17-23-40(24-18-36)69-42-26-28-46-50(34-42)58(67)63(56(46)65)38-20-30-54-48(32-38)44-12-8-10-14-52(44)61(54)6-2/h7-34H,5-6H2,1-4H3. The fraction of sp³-hybridized carbons (Fsp3) is 0.119. The molecule has 2 aliphatic heterocycles. The maximum Gasteiger partial charge on any atom is 0.266 e. The molecule has 0 aliphatic carbocycles. The van der Waals surface area contributed by atoms with Gasteiger partial charge in [0.1, 0.15) is 23.0 Å². The summed E-state index contributed by atoms with van der Waals surface area (Å²) < 4.78 is 17.0. The zero-order valence-corrected chi connectivity index (χ0v) is 38.3. The average molecular weight is 905 g/mol. The molecule has 0 saturated heterocycles. The van der Waals surface area contributed by atoms with Crippen molar-refractivity contribution in [3.63, 3.8) is 0 Å². The lowest BCUT2D eigenvalue weighted by Crippen LogP contribution is -2.29. The van der Waals surface area contributed by atoms with Gasteiger partial charge in [0.05, 0.1) is 33.6 Å². The molecule has 0 unspecified atom stereocenters. The fourth-order valence-electron chi connectivity index (χ4n) is 10.4. The van der Waals surface area contributed by atoms with Crippen molar-refractivity contribution < 1.29 is 28.7 Å². The molecule has 10 heteroatoms. The number of carbonyl (C=O) groups is 4. The molecule has 12 rings (SSSR count). The molecule has 2 aliphatic rings. The van der Waals surface area contributed by atoms with E-state index in [-0.39, 0.29) is 23.6 Å². The van der Waals surface area contributed by atoms with E-state index in [2.05, 4.69) is 61.1 Å². The van der Waals surface area contributed by atoms with E-state index < -0.39 is 5.41 Å². The Morgan fingerprint density at radius 2 is 0.739 bits per heavy atom. The molecular weight excluding hydrogens is 861 g/mol. The first-order chi connectivity index (χ1) is 33.5. The summed E-state index contributed by atoms with van der Waals surface area (Å²) in [5.74, 6) is 0.570. The molecule has 0 N–H and O–H groups in total. The number of benzene rings is 8. The second kappa shape index (κ2) is 15.7. The monoisotopic (exact) mass is 904 g/mol. The maximum absolute atomic E-state index is 13.9. The van der Waals surface area contributed by atoms with Gasteiger partial charge in [-0.15, -0.1) is 0 Å². The minimum absolute atomic E-state index is 0.298. The fourth-order valence-corrected chi connectivity index (χ4v) is 10.4. The number of hydrogen-bond acceptors (Lipinski definition) is 6. The van der Waals surface area contributed by atoms with Gasteiger partial charge in [-0.3, -0.25) is 19.2 Å². The summed E-state index contributed by atoms with van der Waals surface area (Å²) in [5, 5.41) is 4.13. The highest BCUT2D eigenvalue weighted by molar-refractivity contribution is 6.36. The molecule has 0 spiro atoms. The smallest absolute Gasteiger partial charge is 0.266 e. The van der Waals surface area contributed by atoms with Crippen LogP contribution in [0.5, 0.6) is 23.0 Å². The number of ether oxygens (including phenoxy) is 2. The summed E-state index contributed by atoms with van der Waals surface area (Å²) in [6.45, 7) is 10.1. The van der Waals surface area contributed by atoms with Crippen LogP contribution in [-0.2, 0) is 18.5 Å². The molecule has 4 amide bonds. The Bertz CT molecular complexity index is 3580. The minimum atomic E-state index is -0.395. The van der Waals surface area contributed by atoms with E-state index in [4.69, 9.17) is 9.47 Å². The third-order valence-electron chi connectivity index (χ3n) is 14.0. The van der Waals surface area contributed by atoms with Crippen LogP contribution in [0.1, 0.15) is 80.3 Å². The highest BCUT2D eigenvalue weighted by Gasteiger charge is 2.39. The number of aryl methyl sites for hydroxylation is 2. The second-order valence-electron chi connectivity index (χ2n) is 18.1. The third kappa shape index (κ3) is 6.47. The van der Waals surface area contributed by atoms with E-state index in [1.165, 1.54) is 9.80 Å². The van der Waals surface area contributed by atoms with Gasteiger partial charge in [-0.05, 0) is 134 Å². The Morgan fingerprint density at radius 3 is 1.14 bits per heavy atom. The van der Waals surface area contributed by atoms with Gasteiger partial charge in [-0.2, -0.15) is 0 Å². The van der Waals surface area contributed by atoms with E-state index in [9.17, 15) is 19.2 Å². The van der Waals surface area contributed by atoms with Gasteiger partial charge in [-0.1, -0.05) is 74.5 Å². The van der Waals surface area contributed by atoms with Gasteiger partial charge < -0.3 is 18.6 Å². The molecule has 0 fully saturated rings. The molecule has 10 nitrogen and oxygen atoms in total. The molecule has 336 valence electrons. The van der Waals surface area contributed by atoms with Crippen molar-refractivity contribution in [2.75, 3.05) is 9.80 Å². The van der Waals surface area contributed by atoms with Crippen molar-refractivity contribution in [2.24, 2.45) is 0 Å². The molecular formula is C59H44N4O6. The van der Waals surface area contributed by atoms with Crippen LogP contribution in [0.4, 0.5) is 11.4 Å².